The third-order valence-corrected chi connectivity index (χ3v) is 6.57. The van der Waals surface area contributed by atoms with Gasteiger partial charge in [0.05, 0.1) is 11.5 Å². The molecule has 1 saturated carbocycles. The predicted molar refractivity (Wildman–Crippen MR) is 97.4 cm³/mol. The van der Waals surface area contributed by atoms with E-state index in [4.69, 9.17) is 0 Å². The Labute approximate surface area is 150 Å². The zero-order chi connectivity index (χ0) is 17.4. The zero-order valence-electron chi connectivity index (χ0n) is 15.2. The maximum absolute atomic E-state index is 13.2. The van der Waals surface area contributed by atoms with E-state index in [1.807, 2.05) is 13.0 Å². The van der Waals surface area contributed by atoms with Gasteiger partial charge < -0.3 is 14.9 Å². The summed E-state index contributed by atoms with van der Waals surface area (Å²) in [6.07, 6.45) is 6.32. The van der Waals surface area contributed by atoms with Crippen LogP contribution in [0.1, 0.15) is 50.6 Å². The van der Waals surface area contributed by atoms with Crippen molar-refractivity contribution in [2.75, 3.05) is 24.5 Å². The summed E-state index contributed by atoms with van der Waals surface area (Å²) in [7, 11) is 0. The number of nitrogens with zero attached hydrogens (tertiary/aromatic N) is 3. The molecular formula is C20H29N3O2. The smallest absolute Gasteiger partial charge is 0.229 e. The monoisotopic (exact) mass is 343 g/mol. The average Bonchev–Trinajstić information content (AvgIpc) is 2.93. The van der Waals surface area contributed by atoms with Gasteiger partial charge in [0.15, 0.2) is 0 Å². The lowest BCUT2D eigenvalue weighted by molar-refractivity contribution is -0.139. The van der Waals surface area contributed by atoms with E-state index < -0.39 is 0 Å². The molecule has 3 heterocycles. The van der Waals surface area contributed by atoms with Crippen molar-refractivity contribution in [3.8, 4) is 0 Å². The van der Waals surface area contributed by atoms with Gasteiger partial charge in [0.25, 0.3) is 0 Å². The van der Waals surface area contributed by atoms with E-state index in [0.29, 0.717) is 11.9 Å². The number of anilines is 1. The molecule has 1 amide bonds. The highest BCUT2D eigenvalue weighted by Crippen LogP contribution is 2.44. The number of aromatic nitrogens is 1. The van der Waals surface area contributed by atoms with Gasteiger partial charge in [-0.15, -0.1) is 0 Å². The number of carbonyl (C=O) groups is 1. The van der Waals surface area contributed by atoms with Crippen molar-refractivity contribution in [3.63, 3.8) is 0 Å². The van der Waals surface area contributed by atoms with Crippen molar-refractivity contribution in [1.82, 2.24) is 9.88 Å². The van der Waals surface area contributed by atoms with Crippen molar-refractivity contribution in [2.45, 2.75) is 64.0 Å². The van der Waals surface area contributed by atoms with Crippen molar-refractivity contribution in [1.29, 1.82) is 0 Å². The van der Waals surface area contributed by atoms with Crippen LogP contribution < -0.4 is 4.90 Å². The molecular weight excluding hydrogens is 314 g/mol. The molecule has 2 saturated heterocycles. The van der Waals surface area contributed by atoms with E-state index in [0.717, 1.165) is 76.1 Å². The van der Waals surface area contributed by atoms with Crippen LogP contribution in [-0.2, 0) is 4.79 Å². The van der Waals surface area contributed by atoms with Crippen molar-refractivity contribution in [3.05, 3.63) is 23.9 Å². The summed E-state index contributed by atoms with van der Waals surface area (Å²) in [6, 6.07) is 6.50. The molecule has 5 nitrogen and oxygen atoms in total. The molecule has 3 aliphatic rings. The summed E-state index contributed by atoms with van der Waals surface area (Å²) in [5, 5.41) is 9.72. The fourth-order valence-corrected chi connectivity index (χ4v) is 4.90. The standard InChI is InChI=1S/C20H29N3O2/c1-15-3-2-4-18(21-15)22-12-9-20(10-13-22)11-14-23(19(20)25)16-5-7-17(24)8-6-16/h2-4,16-17,24H,5-14H2,1H3. The van der Waals surface area contributed by atoms with Gasteiger partial charge in [-0.2, -0.15) is 0 Å². The van der Waals surface area contributed by atoms with Gasteiger partial charge in [0.1, 0.15) is 5.82 Å². The third-order valence-electron chi connectivity index (χ3n) is 6.57. The van der Waals surface area contributed by atoms with E-state index in [-0.39, 0.29) is 11.5 Å². The molecule has 3 fully saturated rings. The Balaban J connectivity index is 1.40. The van der Waals surface area contributed by atoms with Crippen LogP contribution in [0.15, 0.2) is 18.2 Å². The van der Waals surface area contributed by atoms with Crippen molar-refractivity contribution < 1.29 is 9.90 Å². The van der Waals surface area contributed by atoms with Crippen LogP contribution >= 0.6 is 0 Å². The lowest BCUT2D eigenvalue weighted by Gasteiger charge is -2.40. The summed E-state index contributed by atoms with van der Waals surface area (Å²) < 4.78 is 0. The summed E-state index contributed by atoms with van der Waals surface area (Å²) in [5.74, 6) is 1.42. The fraction of sp³-hybridized carbons (Fsp3) is 0.700. The Bertz CT molecular complexity index is 632. The summed E-state index contributed by atoms with van der Waals surface area (Å²) in [4.78, 5) is 22.3. The van der Waals surface area contributed by atoms with Gasteiger partial charge in [-0.3, -0.25) is 4.79 Å². The summed E-state index contributed by atoms with van der Waals surface area (Å²) in [6.45, 7) is 4.76. The predicted octanol–water partition coefficient (Wildman–Crippen LogP) is 2.51. The van der Waals surface area contributed by atoms with Crippen LogP contribution in [-0.4, -0.2) is 52.7 Å². The van der Waals surface area contributed by atoms with E-state index in [1.165, 1.54) is 0 Å². The number of hydrogen-bond acceptors (Lipinski definition) is 4. The highest BCUT2D eigenvalue weighted by Gasteiger charge is 2.50. The molecule has 2 aliphatic heterocycles. The SMILES string of the molecule is Cc1cccc(N2CCC3(CC2)CCN(C2CCC(O)CC2)C3=O)n1. The first-order chi connectivity index (χ1) is 12.1. The molecule has 4 rings (SSSR count). The molecule has 1 aromatic heterocycles. The minimum atomic E-state index is -0.159. The Kier molecular flexibility index (Phi) is 4.44. The Morgan fingerprint density at radius 1 is 1.08 bits per heavy atom. The number of amides is 1. The number of pyridine rings is 1. The van der Waals surface area contributed by atoms with Crippen LogP contribution in [0, 0.1) is 12.3 Å². The number of piperidine rings is 1. The minimum absolute atomic E-state index is 0.142. The highest BCUT2D eigenvalue weighted by molar-refractivity contribution is 5.85. The van der Waals surface area contributed by atoms with E-state index in [2.05, 4.69) is 26.9 Å². The molecule has 0 atom stereocenters. The van der Waals surface area contributed by atoms with Crippen LogP contribution in [0.3, 0.4) is 0 Å². The molecule has 5 heteroatoms. The first kappa shape index (κ1) is 16.8. The van der Waals surface area contributed by atoms with Crippen LogP contribution in [0.5, 0.6) is 0 Å². The fourth-order valence-electron chi connectivity index (χ4n) is 4.90. The van der Waals surface area contributed by atoms with Crippen LogP contribution in [0.25, 0.3) is 0 Å². The molecule has 0 radical (unpaired) electrons. The first-order valence-corrected chi connectivity index (χ1v) is 9.75. The summed E-state index contributed by atoms with van der Waals surface area (Å²) in [5.41, 5.74) is 0.900. The molecule has 136 valence electrons. The van der Waals surface area contributed by atoms with Crippen LogP contribution in [0.4, 0.5) is 5.82 Å². The second kappa shape index (κ2) is 6.60. The van der Waals surface area contributed by atoms with Gasteiger partial charge in [-0.05, 0) is 64.0 Å². The maximum Gasteiger partial charge on any atom is 0.229 e. The minimum Gasteiger partial charge on any atom is -0.393 e. The molecule has 0 aromatic carbocycles. The quantitative estimate of drug-likeness (QED) is 0.896. The topological polar surface area (TPSA) is 56.7 Å². The van der Waals surface area contributed by atoms with E-state index in [1.54, 1.807) is 0 Å². The van der Waals surface area contributed by atoms with E-state index >= 15 is 0 Å². The lowest BCUT2D eigenvalue weighted by atomic mass is 9.77. The zero-order valence-corrected chi connectivity index (χ0v) is 15.2. The molecule has 1 N–H and O–H groups in total. The average molecular weight is 343 g/mol. The number of likely N-dealkylation sites (tertiary alicyclic amines) is 1. The number of rotatable bonds is 2. The van der Waals surface area contributed by atoms with Gasteiger partial charge in [-0.25, -0.2) is 4.98 Å². The van der Waals surface area contributed by atoms with E-state index in [9.17, 15) is 9.90 Å². The normalized spacial score (nSPS) is 29.4. The van der Waals surface area contributed by atoms with Crippen LogP contribution in [0.2, 0.25) is 0 Å². The van der Waals surface area contributed by atoms with Gasteiger partial charge >= 0.3 is 0 Å². The van der Waals surface area contributed by atoms with Crippen molar-refractivity contribution in [2.24, 2.45) is 5.41 Å². The highest BCUT2D eigenvalue weighted by atomic mass is 16.3. The number of hydrogen-bond donors (Lipinski definition) is 1. The first-order valence-electron chi connectivity index (χ1n) is 9.75. The largest absolute Gasteiger partial charge is 0.393 e. The van der Waals surface area contributed by atoms with Crippen molar-refractivity contribution >= 4 is 11.7 Å². The second-order valence-electron chi connectivity index (χ2n) is 8.12. The maximum atomic E-state index is 13.2. The second-order valence-corrected chi connectivity index (χ2v) is 8.12. The Hall–Kier alpha value is -1.62. The molecule has 1 spiro atoms. The molecule has 0 bridgehead atoms. The lowest BCUT2D eigenvalue weighted by Crippen LogP contribution is -2.47. The van der Waals surface area contributed by atoms with Gasteiger partial charge in [0, 0.05) is 31.4 Å². The summed E-state index contributed by atoms with van der Waals surface area (Å²) >= 11 is 0. The molecule has 0 unspecified atom stereocenters. The molecule has 1 aromatic rings. The Morgan fingerprint density at radius 2 is 1.76 bits per heavy atom. The molecule has 1 aliphatic carbocycles. The number of aliphatic hydroxyl groups is 1. The number of carbonyl (C=O) groups excluding carboxylic acids is 1. The number of aryl methyl sites for hydroxylation is 1. The number of aliphatic hydroxyl groups excluding tert-OH is 1. The molecule has 25 heavy (non-hydrogen) atoms. The third kappa shape index (κ3) is 3.14. The van der Waals surface area contributed by atoms with Gasteiger partial charge in [0.2, 0.25) is 5.91 Å². The Morgan fingerprint density at radius 3 is 2.44 bits per heavy atom. The van der Waals surface area contributed by atoms with Gasteiger partial charge in [-0.1, -0.05) is 6.07 Å².